The molecule has 1 aromatic carbocycles. The van der Waals surface area contributed by atoms with Crippen LogP contribution in [0.1, 0.15) is 18.8 Å². The van der Waals surface area contributed by atoms with E-state index in [-0.39, 0.29) is 16.3 Å². The van der Waals surface area contributed by atoms with Crippen molar-refractivity contribution in [1.29, 1.82) is 0 Å². The molecule has 154 valence electrons. The van der Waals surface area contributed by atoms with Gasteiger partial charge in [0.05, 0.1) is 10.5 Å². The Labute approximate surface area is 181 Å². The zero-order chi connectivity index (χ0) is 21.3. The summed E-state index contributed by atoms with van der Waals surface area (Å²) in [4.78, 5) is 21.0. The summed E-state index contributed by atoms with van der Waals surface area (Å²) >= 11 is 9.36. The molecule has 4 aromatic rings. The number of anilines is 1. The maximum absolute atomic E-state index is 12.8. The van der Waals surface area contributed by atoms with Crippen LogP contribution in [0.15, 0.2) is 41.7 Å². The first kappa shape index (κ1) is 20.3. The second-order valence-corrected chi connectivity index (χ2v) is 7.35. The number of aromatic nitrogens is 7. The van der Waals surface area contributed by atoms with Crippen molar-refractivity contribution in [2.24, 2.45) is 0 Å². The van der Waals surface area contributed by atoms with E-state index in [1.165, 1.54) is 23.4 Å². The number of fused-ring (bicyclic) bond motifs is 1. The molecule has 0 amide bonds. The molecule has 9 nitrogen and oxygen atoms in total. The highest BCUT2D eigenvalue weighted by molar-refractivity contribution is 9.10. The van der Waals surface area contributed by atoms with Crippen molar-refractivity contribution in [3.63, 3.8) is 0 Å². The SMILES string of the molecule is C[C@H](Nc1ncnc2c(OC(F)F)cc(Cl)cc12)c1ncnn1-c1ncc(Br)cn1. The molecule has 1 N–H and O–H groups in total. The lowest BCUT2D eigenvalue weighted by atomic mass is 10.2. The molecular weight excluding hydrogens is 486 g/mol. The molecule has 1 atom stereocenters. The first-order chi connectivity index (χ1) is 14.4. The second-order valence-electron chi connectivity index (χ2n) is 6.00. The van der Waals surface area contributed by atoms with Crippen molar-refractivity contribution in [3.05, 3.63) is 52.5 Å². The second kappa shape index (κ2) is 8.40. The molecule has 0 aliphatic carbocycles. The molecule has 0 radical (unpaired) electrons. The zero-order valence-corrected chi connectivity index (χ0v) is 17.5. The third kappa shape index (κ3) is 4.14. The summed E-state index contributed by atoms with van der Waals surface area (Å²) in [5.74, 6) is 1.06. The monoisotopic (exact) mass is 496 g/mol. The van der Waals surface area contributed by atoms with Crippen LogP contribution in [0, 0.1) is 0 Å². The summed E-state index contributed by atoms with van der Waals surface area (Å²) in [6.07, 6.45) is 5.81. The molecular formula is C17H12BrClF2N8O. The van der Waals surface area contributed by atoms with Crippen LogP contribution in [0.5, 0.6) is 5.75 Å². The Morgan fingerprint density at radius 1 is 1.10 bits per heavy atom. The maximum Gasteiger partial charge on any atom is 0.387 e. The van der Waals surface area contributed by atoms with E-state index in [1.54, 1.807) is 18.5 Å². The van der Waals surface area contributed by atoms with Gasteiger partial charge in [-0.15, -0.1) is 0 Å². The van der Waals surface area contributed by atoms with E-state index in [0.29, 0.717) is 23.0 Å². The first-order valence-corrected chi connectivity index (χ1v) is 9.63. The fraction of sp³-hybridized carbons (Fsp3) is 0.176. The van der Waals surface area contributed by atoms with Gasteiger partial charge in [0.15, 0.2) is 11.6 Å². The number of rotatable bonds is 6. The quantitative estimate of drug-likeness (QED) is 0.423. The first-order valence-electron chi connectivity index (χ1n) is 8.46. The van der Waals surface area contributed by atoms with E-state index in [4.69, 9.17) is 11.6 Å². The van der Waals surface area contributed by atoms with Crippen LogP contribution < -0.4 is 10.1 Å². The maximum atomic E-state index is 12.8. The van der Waals surface area contributed by atoms with Gasteiger partial charge in [-0.3, -0.25) is 0 Å². The number of nitrogens with zero attached hydrogens (tertiary/aromatic N) is 7. The topological polar surface area (TPSA) is 104 Å². The molecule has 0 bridgehead atoms. The Morgan fingerprint density at radius 3 is 2.60 bits per heavy atom. The summed E-state index contributed by atoms with van der Waals surface area (Å²) in [6.45, 7) is -1.18. The molecule has 3 heterocycles. The van der Waals surface area contributed by atoms with E-state index in [2.05, 4.69) is 56.0 Å². The number of hydrogen-bond donors (Lipinski definition) is 1. The molecule has 0 saturated carbocycles. The minimum Gasteiger partial charge on any atom is -0.432 e. The number of halogens is 4. The van der Waals surface area contributed by atoms with Gasteiger partial charge in [0, 0.05) is 28.9 Å². The van der Waals surface area contributed by atoms with Crippen LogP contribution in [0.4, 0.5) is 14.6 Å². The summed E-state index contributed by atoms with van der Waals surface area (Å²) in [6, 6.07) is 2.43. The van der Waals surface area contributed by atoms with E-state index in [0.717, 1.165) is 4.47 Å². The number of benzene rings is 1. The van der Waals surface area contributed by atoms with E-state index >= 15 is 0 Å². The largest absolute Gasteiger partial charge is 0.432 e. The van der Waals surface area contributed by atoms with Crippen molar-refractivity contribution in [1.82, 2.24) is 34.7 Å². The standard InChI is InChI=1S/C17H12BrClF2N8O/c1-8(15-26-7-27-29(15)17-22-4-9(18)5-23-17)28-14-11-2-10(19)3-12(30-16(20)21)13(11)24-6-25-14/h2-8,16H,1H3,(H,24,25,28)/t8-/m0/s1. The highest BCUT2D eigenvalue weighted by atomic mass is 79.9. The number of hydrogen-bond acceptors (Lipinski definition) is 8. The minimum absolute atomic E-state index is 0.142. The lowest BCUT2D eigenvalue weighted by Gasteiger charge is -2.16. The number of alkyl halides is 2. The van der Waals surface area contributed by atoms with Gasteiger partial charge in [-0.25, -0.2) is 24.9 Å². The van der Waals surface area contributed by atoms with Crippen LogP contribution in [0.2, 0.25) is 5.02 Å². The van der Waals surface area contributed by atoms with Crippen molar-refractivity contribution < 1.29 is 13.5 Å². The number of ether oxygens (including phenoxy) is 1. The van der Waals surface area contributed by atoms with Crippen molar-refractivity contribution in [2.45, 2.75) is 19.6 Å². The Kier molecular flexibility index (Phi) is 5.68. The molecule has 0 aliphatic heterocycles. The predicted molar refractivity (Wildman–Crippen MR) is 108 cm³/mol. The molecule has 0 saturated heterocycles. The average Bonchev–Trinajstić information content (AvgIpc) is 3.18. The van der Waals surface area contributed by atoms with E-state index < -0.39 is 12.7 Å². The van der Waals surface area contributed by atoms with Crippen molar-refractivity contribution in [3.8, 4) is 11.7 Å². The number of nitrogens with one attached hydrogen (secondary N) is 1. The Hall–Kier alpha value is -2.99. The zero-order valence-electron chi connectivity index (χ0n) is 15.2. The minimum atomic E-state index is -3.01. The summed E-state index contributed by atoms with van der Waals surface area (Å²) in [5, 5.41) is 7.96. The lowest BCUT2D eigenvalue weighted by Crippen LogP contribution is -2.16. The van der Waals surface area contributed by atoms with Gasteiger partial charge in [-0.1, -0.05) is 11.6 Å². The molecule has 30 heavy (non-hydrogen) atoms. The van der Waals surface area contributed by atoms with Crippen LogP contribution in [-0.4, -0.2) is 41.3 Å². The van der Waals surface area contributed by atoms with Crippen LogP contribution in [0.3, 0.4) is 0 Å². The Bertz CT molecular complexity index is 1190. The van der Waals surface area contributed by atoms with Gasteiger partial charge in [0.25, 0.3) is 5.95 Å². The van der Waals surface area contributed by atoms with Crippen LogP contribution >= 0.6 is 27.5 Å². The third-order valence-electron chi connectivity index (χ3n) is 4.00. The highest BCUT2D eigenvalue weighted by Gasteiger charge is 2.19. The van der Waals surface area contributed by atoms with Gasteiger partial charge < -0.3 is 10.1 Å². The predicted octanol–water partition coefficient (Wildman–Crippen LogP) is 4.19. The molecule has 0 unspecified atom stereocenters. The van der Waals surface area contributed by atoms with Crippen LogP contribution in [0.25, 0.3) is 16.9 Å². The van der Waals surface area contributed by atoms with Gasteiger partial charge in [0.1, 0.15) is 24.0 Å². The highest BCUT2D eigenvalue weighted by Crippen LogP contribution is 2.33. The Morgan fingerprint density at radius 2 is 1.87 bits per heavy atom. The molecule has 4 rings (SSSR count). The summed E-state index contributed by atoms with van der Waals surface area (Å²) in [5.41, 5.74) is 0.196. The fourth-order valence-electron chi connectivity index (χ4n) is 2.79. The average molecular weight is 498 g/mol. The van der Waals surface area contributed by atoms with Gasteiger partial charge in [-0.05, 0) is 28.9 Å². The van der Waals surface area contributed by atoms with Gasteiger partial charge in [-0.2, -0.15) is 18.6 Å². The third-order valence-corrected chi connectivity index (χ3v) is 4.62. The summed E-state index contributed by atoms with van der Waals surface area (Å²) < 4.78 is 32.2. The van der Waals surface area contributed by atoms with Gasteiger partial charge in [0.2, 0.25) is 0 Å². The Balaban J connectivity index is 1.69. The fourth-order valence-corrected chi connectivity index (χ4v) is 3.20. The molecule has 0 spiro atoms. The van der Waals surface area contributed by atoms with E-state index in [1.807, 2.05) is 6.92 Å². The molecule has 0 aliphatic rings. The summed E-state index contributed by atoms with van der Waals surface area (Å²) in [7, 11) is 0. The lowest BCUT2D eigenvalue weighted by molar-refractivity contribution is -0.0489. The molecule has 13 heteroatoms. The van der Waals surface area contributed by atoms with Crippen molar-refractivity contribution >= 4 is 44.3 Å². The van der Waals surface area contributed by atoms with Gasteiger partial charge >= 0.3 is 6.61 Å². The van der Waals surface area contributed by atoms with Crippen molar-refractivity contribution in [2.75, 3.05) is 5.32 Å². The molecule has 0 fully saturated rings. The van der Waals surface area contributed by atoms with Crippen LogP contribution in [-0.2, 0) is 0 Å². The smallest absolute Gasteiger partial charge is 0.387 e. The molecule has 3 aromatic heterocycles. The normalized spacial score (nSPS) is 12.3. The van der Waals surface area contributed by atoms with E-state index in [9.17, 15) is 8.78 Å².